The first-order chi connectivity index (χ1) is 11.9. The molecule has 7 nitrogen and oxygen atoms in total. The molecule has 1 atom stereocenters. The summed E-state index contributed by atoms with van der Waals surface area (Å²) in [5.74, 6) is 0.590. The molecule has 0 bridgehead atoms. The van der Waals surface area contributed by atoms with Crippen LogP contribution in [0.3, 0.4) is 0 Å². The molecule has 1 aromatic heterocycles. The number of anilines is 1. The summed E-state index contributed by atoms with van der Waals surface area (Å²) in [5.41, 5.74) is 0.903. The average molecular weight is 364 g/mol. The summed E-state index contributed by atoms with van der Waals surface area (Å²) in [4.78, 5) is 12.4. The van der Waals surface area contributed by atoms with Crippen LogP contribution in [0.1, 0.15) is 38.3 Å². The van der Waals surface area contributed by atoms with Crippen molar-refractivity contribution in [1.29, 1.82) is 0 Å². The van der Waals surface area contributed by atoms with Gasteiger partial charge in [-0.15, -0.1) is 0 Å². The lowest BCUT2D eigenvalue weighted by molar-refractivity contribution is -0.116. The molecule has 2 rings (SSSR count). The van der Waals surface area contributed by atoms with Gasteiger partial charge in [-0.05, 0) is 44.5 Å². The topological polar surface area (TPSA) is 93.1 Å². The van der Waals surface area contributed by atoms with E-state index in [0.717, 1.165) is 12.0 Å². The maximum atomic E-state index is 12.2. The van der Waals surface area contributed by atoms with Crippen molar-refractivity contribution < 1.29 is 13.2 Å². The van der Waals surface area contributed by atoms with E-state index in [2.05, 4.69) is 22.1 Å². The van der Waals surface area contributed by atoms with Crippen LogP contribution in [-0.4, -0.2) is 31.2 Å². The molecule has 1 amide bonds. The molecule has 1 aromatic carbocycles. The maximum Gasteiger partial charge on any atom is 0.240 e. The van der Waals surface area contributed by atoms with E-state index < -0.39 is 10.0 Å². The number of carbonyl (C=O) groups excluding carboxylic acids is 1. The number of rotatable bonds is 8. The van der Waals surface area contributed by atoms with Crippen molar-refractivity contribution in [1.82, 2.24) is 14.5 Å². The molecule has 0 aliphatic heterocycles. The predicted molar refractivity (Wildman–Crippen MR) is 96.9 cm³/mol. The first-order valence-electron chi connectivity index (χ1n) is 8.23. The lowest BCUT2D eigenvalue weighted by Crippen LogP contribution is -2.18. The summed E-state index contributed by atoms with van der Waals surface area (Å²) >= 11 is 0. The van der Waals surface area contributed by atoms with Gasteiger partial charge in [0.1, 0.15) is 5.82 Å². The fourth-order valence-corrected chi connectivity index (χ4v) is 3.08. The van der Waals surface area contributed by atoms with E-state index in [1.54, 1.807) is 29.1 Å². The monoisotopic (exact) mass is 364 g/mol. The van der Waals surface area contributed by atoms with Gasteiger partial charge in [0.05, 0.1) is 17.1 Å². The predicted octanol–water partition coefficient (Wildman–Crippen LogP) is 2.33. The summed E-state index contributed by atoms with van der Waals surface area (Å²) in [6.07, 6.45) is 3.43. The van der Waals surface area contributed by atoms with Crippen molar-refractivity contribution in [2.24, 2.45) is 0 Å². The summed E-state index contributed by atoms with van der Waals surface area (Å²) in [5, 5.41) is 7.11. The Hall–Kier alpha value is -2.19. The van der Waals surface area contributed by atoms with Gasteiger partial charge >= 0.3 is 0 Å². The first-order valence-corrected chi connectivity index (χ1v) is 9.71. The molecular formula is C17H24N4O3S. The Balaban J connectivity index is 1.93. The molecule has 0 fully saturated rings. The third kappa shape index (κ3) is 4.90. The average Bonchev–Trinajstić information content (AvgIpc) is 3.07. The molecule has 136 valence electrons. The van der Waals surface area contributed by atoms with E-state index in [1.807, 2.05) is 6.92 Å². The summed E-state index contributed by atoms with van der Waals surface area (Å²) < 4.78 is 27.4. The van der Waals surface area contributed by atoms with E-state index in [9.17, 15) is 13.2 Å². The number of benzene rings is 1. The van der Waals surface area contributed by atoms with E-state index in [4.69, 9.17) is 0 Å². The van der Waals surface area contributed by atoms with Crippen LogP contribution in [0, 0.1) is 0 Å². The van der Waals surface area contributed by atoms with Gasteiger partial charge in [-0.25, -0.2) is 17.8 Å². The highest BCUT2D eigenvalue weighted by Crippen LogP contribution is 2.17. The van der Waals surface area contributed by atoms with Gasteiger partial charge in [-0.2, -0.15) is 5.10 Å². The number of hydrogen-bond donors (Lipinski definition) is 2. The molecule has 2 aromatic rings. The highest BCUT2D eigenvalue weighted by molar-refractivity contribution is 7.89. The minimum Gasteiger partial charge on any atom is -0.311 e. The minimum absolute atomic E-state index is 0.100. The largest absolute Gasteiger partial charge is 0.311 e. The molecule has 0 spiro atoms. The SMILES string of the molecule is CCC(C)n1nccc1NC(=O)CCc1ccc(S(=O)(=O)NC)cc1. The number of carbonyl (C=O) groups is 1. The Morgan fingerprint density at radius 2 is 1.92 bits per heavy atom. The van der Waals surface area contributed by atoms with Gasteiger partial charge in [0.25, 0.3) is 0 Å². The molecule has 0 saturated heterocycles. The first kappa shape index (κ1) is 19.1. The molecular weight excluding hydrogens is 340 g/mol. The highest BCUT2D eigenvalue weighted by atomic mass is 32.2. The van der Waals surface area contributed by atoms with Crippen molar-refractivity contribution in [3.8, 4) is 0 Å². The van der Waals surface area contributed by atoms with E-state index in [-0.39, 0.29) is 16.8 Å². The molecule has 0 aliphatic carbocycles. The lowest BCUT2D eigenvalue weighted by Gasteiger charge is -2.14. The Morgan fingerprint density at radius 3 is 2.52 bits per heavy atom. The molecule has 1 unspecified atom stereocenters. The molecule has 1 heterocycles. The van der Waals surface area contributed by atoms with Crippen LogP contribution in [0.5, 0.6) is 0 Å². The van der Waals surface area contributed by atoms with E-state index in [1.165, 1.54) is 19.2 Å². The summed E-state index contributed by atoms with van der Waals surface area (Å²) in [6, 6.07) is 8.52. The van der Waals surface area contributed by atoms with E-state index in [0.29, 0.717) is 18.7 Å². The summed E-state index contributed by atoms with van der Waals surface area (Å²) in [7, 11) is -2.06. The summed E-state index contributed by atoms with van der Waals surface area (Å²) in [6.45, 7) is 4.11. The van der Waals surface area contributed by atoms with Crippen LogP contribution in [0.15, 0.2) is 41.4 Å². The van der Waals surface area contributed by atoms with Gasteiger partial charge in [-0.1, -0.05) is 19.1 Å². The Bertz CT molecular complexity index is 813. The quantitative estimate of drug-likeness (QED) is 0.752. The van der Waals surface area contributed by atoms with Crippen molar-refractivity contribution in [2.45, 2.75) is 44.0 Å². The van der Waals surface area contributed by atoms with Crippen molar-refractivity contribution in [3.63, 3.8) is 0 Å². The van der Waals surface area contributed by atoms with Crippen LogP contribution in [0.4, 0.5) is 5.82 Å². The molecule has 0 aliphatic rings. The molecule has 25 heavy (non-hydrogen) atoms. The maximum absolute atomic E-state index is 12.2. The van der Waals surface area contributed by atoms with Crippen molar-refractivity contribution in [3.05, 3.63) is 42.1 Å². The highest BCUT2D eigenvalue weighted by Gasteiger charge is 2.12. The van der Waals surface area contributed by atoms with Crippen molar-refractivity contribution in [2.75, 3.05) is 12.4 Å². The number of aromatic nitrogens is 2. The van der Waals surface area contributed by atoms with Crippen LogP contribution in [0.25, 0.3) is 0 Å². The number of hydrogen-bond acceptors (Lipinski definition) is 4. The van der Waals surface area contributed by atoms with Crippen LogP contribution >= 0.6 is 0 Å². The molecule has 8 heteroatoms. The number of aryl methyl sites for hydroxylation is 1. The fourth-order valence-electron chi connectivity index (χ4n) is 2.35. The molecule has 0 saturated carbocycles. The van der Waals surface area contributed by atoms with Crippen LogP contribution < -0.4 is 10.0 Å². The number of sulfonamides is 1. The molecule has 2 N–H and O–H groups in total. The zero-order chi connectivity index (χ0) is 18.4. The third-order valence-electron chi connectivity index (χ3n) is 4.09. The number of nitrogens with zero attached hydrogens (tertiary/aromatic N) is 2. The Labute approximate surface area is 148 Å². The Morgan fingerprint density at radius 1 is 1.24 bits per heavy atom. The van der Waals surface area contributed by atoms with Gasteiger partial charge in [-0.3, -0.25) is 4.79 Å². The second-order valence-electron chi connectivity index (χ2n) is 5.82. The number of amides is 1. The fraction of sp³-hybridized carbons (Fsp3) is 0.412. The zero-order valence-electron chi connectivity index (χ0n) is 14.7. The lowest BCUT2D eigenvalue weighted by atomic mass is 10.1. The zero-order valence-corrected chi connectivity index (χ0v) is 15.5. The van der Waals surface area contributed by atoms with Crippen LogP contribution in [0.2, 0.25) is 0 Å². The second-order valence-corrected chi connectivity index (χ2v) is 7.70. The smallest absolute Gasteiger partial charge is 0.240 e. The van der Waals surface area contributed by atoms with Gasteiger partial charge < -0.3 is 5.32 Å². The van der Waals surface area contributed by atoms with Crippen molar-refractivity contribution >= 4 is 21.7 Å². The van der Waals surface area contributed by atoms with Gasteiger partial charge in [0, 0.05) is 12.5 Å². The normalized spacial score (nSPS) is 12.8. The minimum atomic E-state index is -3.44. The Kier molecular flexibility index (Phi) is 6.33. The second kappa shape index (κ2) is 8.26. The van der Waals surface area contributed by atoms with Gasteiger partial charge in [0.2, 0.25) is 15.9 Å². The molecule has 0 radical (unpaired) electrons. The standard InChI is InChI=1S/C17H24N4O3S/c1-4-13(2)21-16(11-12-19-21)20-17(22)10-7-14-5-8-15(9-6-14)25(23,24)18-3/h5-6,8-9,11-13,18H,4,7,10H2,1-3H3,(H,20,22). The van der Waals surface area contributed by atoms with Gasteiger partial charge in [0.15, 0.2) is 0 Å². The van der Waals surface area contributed by atoms with Crippen LogP contribution in [-0.2, 0) is 21.2 Å². The number of nitrogens with one attached hydrogen (secondary N) is 2. The van der Waals surface area contributed by atoms with E-state index >= 15 is 0 Å². The third-order valence-corrected chi connectivity index (χ3v) is 5.52.